The molecule has 0 atom stereocenters. The first-order valence-electron chi connectivity index (χ1n) is 6.74. The Bertz CT molecular complexity index is 790. The van der Waals surface area contributed by atoms with E-state index in [1.807, 2.05) is 4.90 Å². The quantitative estimate of drug-likeness (QED) is 0.614. The molecule has 0 amide bonds. The summed E-state index contributed by atoms with van der Waals surface area (Å²) in [5, 5.41) is 13.7. The third-order valence-corrected chi connectivity index (χ3v) is 5.25. The van der Waals surface area contributed by atoms with E-state index in [1.165, 1.54) is 13.1 Å². The third-order valence-electron chi connectivity index (χ3n) is 3.69. The average Bonchev–Trinajstić information content (AvgIpc) is 2.92. The first kappa shape index (κ1) is 15.2. The second kappa shape index (κ2) is 5.80. The molecule has 2 aromatic rings. The van der Waals surface area contributed by atoms with Crippen LogP contribution >= 0.6 is 11.6 Å². The number of anilines is 1. The Hall–Kier alpha value is -1.75. The van der Waals surface area contributed by atoms with Crippen LogP contribution in [-0.4, -0.2) is 44.5 Å². The average molecular weight is 337 g/mol. The van der Waals surface area contributed by atoms with Gasteiger partial charge in [0.15, 0.2) is 5.78 Å². The molecule has 22 heavy (non-hydrogen) atoms. The van der Waals surface area contributed by atoms with E-state index in [9.17, 15) is 14.6 Å². The lowest BCUT2D eigenvalue weighted by atomic mass is 10.1. The van der Waals surface area contributed by atoms with Gasteiger partial charge in [-0.1, -0.05) is 22.8 Å². The van der Waals surface area contributed by atoms with Crippen molar-refractivity contribution >= 4 is 39.9 Å². The summed E-state index contributed by atoms with van der Waals surface area (Å²) in [7, 11) is 0. The highest BCUT2D eigenvalue weighted by Crippen LogP contribution is 2.31. The van der Waals surface area contributed by atoms with Gasteiger partial charge in [-0.25, -0.2) is 4.52 Å². The Kier molecular flexibility index (Phi) is 4.00. The fraction of sp³-hybridized carbons (Fsp3) is 0.357. The van der Waals surface area contributed by atoms with Gasteiger partial charge < -0.3 is 9.45 Å². The SMILES string of the molecule is CC(=O)c1cc(Cl)c2c(C#N)cnn2c1N1CC[S+]([O-])CC1. The Morgan fingerprint density at radius 3 is 2.77 bits per heavy atom. The highest BCUT2D eigenvalue weighted by atomic mass is 35.5. The molecule has 3 rings (SSSR count). The number of rotatable bonds is 2. The second-order valence-corrected chi connectivity index (χ2v) is 7.15. The normalized spacial score (nSPS) is 16.0. The summed E-state index contributed by atoms with van der Waals surface area (Å²) in [6, 6.07) is 3.64. The van der Waals surface area contributed by atoms with Crippen molar-refractivity contribution in [3.63, 3.8) is 0 Å². The molecular formula is C14H13ClN4O2S. The molecule has 1 aliphatic heterocycles. The van der Waals surface area contributed by atoms with Crippen LogP contribution in [0.3, 0.4) is 0 Å². The van der Waals surface area contributed by atoms with Gasteiger partial charge in [-0.2, -0.15) is 10.4 Å². The van der Waals surface area contributed by atoms with Crippen molar-refractivity contribution in [1.29, 1.82) is 5.26 Å². The van der Waals surface area contributed by atoms with Crippen LogP contribution in [0.2, 0.25) is 5.02 Å². The minimum absolute atomic E-state index is 0.125. The second-order valence-electron chi connectivity index (χ2n) is 5.05. The molecule has 3 heterocycles. The zero-order valence-electron chi connectivity index (χ0n) is 11.9. The van der Waals surface area contributed by atoms with E-state index in [-0.39, 0.29) is 5.78 Å². The van der Waals surface area contributed by atoms with E-state index in [0.29, 0.717) is 52.1 Å². The summed E-state index contributed by atoms with van der Waals surface area (Å²) in [5.41, 5.74) is 1.32. The summed E-state index contributed by atoms with van der Waals surface area (Å²) < 4.78 is 13.1. The van der Waals surface area contributed by atoms with Gasteiger partial charge in [0.05, 0.1) is 35.4 Å². The number of ketones is 1. The number of Topliss-reactive ketones (excluding diaryl/α,β-unsaturated/α-hetero) is 1. The molecule has 0 bridgehead atoms. The highest BCUT2D eigenvalue weighted by Gasteiger charge is 2.27. The maximum absolute atomic E-state index is 12.0. The molecule has 0 N–H and O–H groups in total. The van der Waals surface area contributed by atoms with Gasteiger partial charge in [-0.15, -0.1) is 0 Å². The number of fused-ring (bicyclic) bond motifs is 1. The Morgan fingerprint density at radius 2 is 2.18 bits per heavy atom. The highest BCUT2D eigenvalue weighted by molar-refractivity contribution is 7.91. The minimum atomic E-state index is -0.821. The molecule has 1 fully saturated rings. The van der Waals surface area contributed by atoms with Crippen molar-refractivity contribution in [2.75, 3.05) is 29.5 Å². The van der Waals surface area contributed by atoms with Gasteiger partial charge in [0.25, 0.3) is 0 Å². The number of halogens is 1. The van der Waals surface area contributed by atoms with Crippen molar-refractivity contribution < 1.29 is 9.35 Å². The van der Waals surface area contributed by atoms with Gasteiger partial charge >= 0.3 is 0 Å². The van der Waals surface area contributed by atoms with E-state index < -0.39 is 11.2 Å². The minimum Gasteiger partial charge on any atom is -0.616 e. The smallest absolute Gasteiger partial charge is 0.163 e. The predicted molar refractivity (Wildman–Crippen MR) is 85.0 cm³/mol. The molecule has 8 heteroatoms. The van der Waals surface area contributed by atoms with Crippen LogP contribution in [-0.2, 0) is 11.2 Å². The zero-order valence-corrected chi connectivity index (χ0v) is 13.4. The number of nitriles is 1. The van der Waals surface area contributed by atoms with E-state index in [1.54, 1.807) is 10.6 Å². The fourth-order valence-electron chi connectivity index (χ4n) is 2.61. The van der Waals surface area contributed by atoms with Crippen LogP contribution in [0.15, 0.2) is 12.3 Å². The Labute approximate surface area is 135 Å². The summed E-state index contributed by atoms with van der Waals surface area (Å²) in [6.45, 7) is 2.62. The lowest BCUT2D eigenvalue weighted by Crippen LogP contribution is -2.42. The molecular weight excluding hydrogens is 324 g/mol. The third kappa shape index (κ3) is 2.43. The van der Waals surface area contributed by atoms with Gasteiger partial charge in [0.1, 0.15) is 28.9 Å². The maximum atomic E-state index is 12.0. The van der Waals surface area contributed by atoms with Gasteiger partial charge in [-0.05, 0) is 13.0 Å². The number of hydrogen-bond donors (Lipinski definition) is 0. The van der Waals surface area contributed by atoms with Gasteiger partial charge in [0.2, 0.25) is 0 Å². The summed E-state index contributed by atoms with van der Waals surface area (Å²) in [5.74, 6) is 1.59. The summed E-state index contributed by atoms with van der Waals surface area (Å²) >= 11 is 5.41. The number of pyridine rings is 1. The molecule has 0 radical (unpaired) electrons. The van der Waals surface area contributed by atoms with Crippen LogP contribution in [0.5, 0.6) is 0 Å². The van der Waals surface area contributed by atoms with Crippen LogP contribution in [0, 0.1) is 11.3 Å². The molecule has 0 aliphatic carbocycles. The molecule has 1 saturated heterocycles. The molecule has 2 aromatic heterocycles. The Balaban J connectivity index is 2.24. The van der Waals surface area contributed by atoms with Crippen LogP contribution in [0.25, 0.3) is 5.52 Å². The van der Waals surface area contributed by atoms with Crippen molar-refractivity contribution in [2.45, 2.75) is 6.92 Å². The largest absolute Gasteiger partial charge is 0.616 e. The first-order valence-corrected chi connectivity index (χ1v) is 8.60. The van der Waals surface area contributed by atoms with Gasteiger partial charge in [0, 0.05) is 0 Å². The lowest BCUT2D eigenvalue weighted by Gasteiger charge is -2.31. The van der Waals surface area contributed by atoms with E-state index in [0.717, 1.165) is 0 Å². The zero-order chi connectivity index (χ0) is 15.9. The van der Waals surface area contributed by atoms with Crippen molar-refractivity contribution in [1.82, 2.24) is 9.61 Å². The van der Waals surface area contributed by atoms with Crippen molar-refractivity contribution in [3.8, 4) is 6.07 Å². The van der Waals surface area contributed by atoms with Gasteiger partial charge in [-0.3, -0.25) is 4.79 Å². The number of hydrogen-bond acceptors (Lipinski definition) is 5. The van der Waals surface area contributed by atoms with E-state index in [2.05, 4.69) is 11.2 Å². The van der Waals surface area contributed by atoms with E-state index in [4.69, 9.17) is 11.6 Å². The van der Waals surface area contributed by atoms with Crippen LogP contribution < -0.4 is 4.90 Å². The topological polar surface area (TPSA) is 84.5 Å². The van der Waals surface area contributed by atoms with Crippen molar-refractivity contribution in [3.05, 3.63) is 28.4 Å². The summed E-state index contributed by atoms with van der Waals surface area (Å²) in [4.78, 5) is 14.0. The predicted octanol–water partition coefficient (Wildman–Crippen LogP) is 1.63. The van der Waals surface area contributed by atoms with E-state index >= 15 is 0 Å². The Morgan fingerprint density at radius 1 is 1.50 bits per heavy atom. The molecule has 114 valence electrons. The first-order chi connectivity index (χ1) is 10.5. The molecule has 6 nitrogen and oxygen atoms in total. The number of carbonyl (C=O) groups is 1. The number of nitrogens with zero attached hydrogens (tertiary/aromatic N) is 4. The maximum Gasteiger partial charge on any atom is 0.163 e. The fourth-order valence-corrected chi connectivity index (χ4v) is 3.95. The standard InChI is InChI=1S/C14H13ClN4O2S/c1-9(20)11-6-12(15)13-10(7-16)8-17-19(13)14(11)18-2-4-22(21)5-3-18/h6,8H,2-5H2,1H3. The monoisotopic (exact) mass is 336 g/mol. The molecule has 0 saturated carbocycles. The van der Waals surface area contributed by atoms with Crippen LogP contribution in [0.1, 0.15) is 22.8 Å². The van der Waals surface area contributed by atoms with Crippen molar-refractivity contribution in [2.24, 2.45) is 0 Å². The number of carbonyl (C=O) groups excluding carboxylic acids is 1. The molecule has 1 aliphatic rings. The summed E-state index contributed by atoms with van der Waals surface area (Å²) in [6.07, 6.45) is 1.44. The molecule has 0 aromatic carbocycles. The lowest BCUT2D eigenvalue weighted by molar-refractivity contribution is 0.101. The molecule has 0 spiro atoms. The number of aromatic nitrogens is 2. The van der Waals surface area contributed by atoms with Crippen LogP contribution in [0.4, 0.5) is 5.82 Å². The molecule has 0 unspecified atom stereocenters.